The predicted octanol–water partition coefficient (Wildman–Crippen LogP) is 4.21. The molecule has 3 aromatic rings. The number of fused-ring (bicyclic) bond motifs is 1. The third-order valence-electron chi connectivity index (χ3n) is 3.79. The Kier molecular flexibility index (Phi) is 5.19. The Morgan fingerprint density at radius 1 is 1.20 bits per heavy atom. The Balaban J connectivity index is 1.85. The third-order valence-corrected chi connectivity index (χ3v) is 4.08. The van der Waals surface area contributed by atoms with Crippen LogP contribution in [0.1, 0.15) is 26.2 Å². The second kappa shape index (κ2) is 7.53. The molecule has 1 N–H and O–H groups in total. The highest BCUT2D eigenvalue weighted by Crippen LogP contribution is 2.26. The molecule has 1 aromatic heterocycles. The normalized spacial score (nSPS) is 10.8. The lowest BCUT2D eigenvalue weighted by Crippen LogP contribution is -2.10. The molecule has 130 valence electrons. The minimum Gasteiger partial charge on any atom is -0.495 e. The number of amides is 1. The maximum absolute atomic E-state index is 11.9. The van der Waals surface area contributed by atoms with Crippen LogP contribution in [-0.4, -0.2) is 28.0 Å². The molecule has 2 aromatic carbocycles. The zero-order valence-electron chi connectivity index (χ0n) is 14.1. The quantitative estimate of drug-likeness (QED) is 0.716. The fourth-order valence-corrected chi connectivity index (χ4v) is 2.70. The Morgan fingerprint density at radius 2 is 2.00 bits per heavy atom. The molecule has 0 fully saturated rings. The van der Waals surface area contributed by atoms with Crippen LogP contribution in [0.15, 0.2) is 36.4 Å². The molecular formula is C18H19ClN4O2. The molecule has 0 spiro atoms. The number of benzene rings is 2. The summed E-state index contributed by atoms with van der Waals surface area (Å²) in [5.41, 5.74) is 2.88. The van der Waals surface area contributed by atoms with Crippen molar-refractivity contribution in [3.63, 3.8) is 0 Å². The van der Waals surface area contributed by atoms with E-state index in [0.717, 1.165) is 24.0 Å². The number of unbranched alkanes of at least 4 members (excludes halogenated alkanes) is 1. The average Bonchev–Trinajstić information content (AvgIpc) is 3.03. The van der Waals surface area contributed by atoms with Crippen LogP contribution in [0.25, 0.3) is 16.7 Å². The standard InChI is InChI=1S/C18H19ClN4O2/c1-3-4-5-18(24)20-12-6-8-15-16(10-12)22-23(21-15)13-7-9-17(25-2)14(19)11-13/h6-11H,3-5H2,1-2H3,(H,20,24). The number of methoxy groups -OCH3 is 1. The van der Waals surface area contributed by atoms with Crippen molar-refractivity contribution >= 4 is 34.2 Å². The Labute approximate surface area is 150 Å². The number of rotatable bonds is 6. The van der Waals surface area contributed by atoms with E-state index in [0.29, 0.717) is 28.4 Å². The van der Waals surface area contributed by atoms with Crippen LogP contribution in [0.2, 0.25) is 5.02 Å². The fourth-order valence-electron chi connectivity index (χ4n) is 2.45. The van der Waals surface area contributed by atoms with Gasteiger partial charge in [0.15, 0.2) is 0 Å². The van der Waals surface area contributed by atoms with Gasteiger partial charge in [-0.1, -0.05) is 24.9 Å². The molecule has 0 saturated carbocycles. The number of hydrogen-bond acceptors (Lipinski definition) is 4. The minimum atomic E-state index is 0.00975. The van der Waals surface area contributed by atoms with Crippen LogP contribution in [-0.2, 0) is 4.79 Å². The van der Waals surface area contributed by atoms with Gasteiger partial charge in [-0.05, 0) is 42.8 Å². The first kappa shape index (κ1) is 17.2. The first-order valence-corrected chi connectivity index (χ1v) is 8.49. The van der Waals surface area contributed by atoms with Gasteiger partial charge in [0.1, 0.15) is 16.8 Å². The summed E-state index contributed by atoms with van der Waals surface area (Å²) in [5, 5.41) is 12.3. The van der Waals surface area contributed by atoms with Crippen LogP contribution in [0.3, 0.4) is 0 Å². The summed E-state index contributed by atoms with van der Waals surface area (Å²) in [4.78, 5) is 13.4. The number of halogens is 1. The Morgan fingerprint density at radius 3 is 2.72 bits per heavy atom. The van der Waals surface area contributed by atoms with E-state index in [1.54, 1.807) is 19.2 Å². The van der Waals surface area contributed by atoms with E-state index in [2.05, 4.69) is 22.4 Å². The largest absolute Gasteiger partial charge is 0.495 e. The number of aromatic nitrogens is 3. The third kappa shape index (κ3) is 3.91. The predicted molar refractivity (Wildman–Crippen MR) is 98.6 cm³/mol. The van der Waals surface area contributed by atoms with Crippen molar-refractivity contribution in [3.05, 3.63) is 41.4 Å². The molecule has 3 rings (SSSR count). The van der Waals surface area contributed by atoms with E-state index in [-0.39, 0.29) is 5.91 Å². The van der Waals surface area contributed by atoms with Gasteiger partial charge in [0.05, 0.1) is 17.8 Å². The molecule has 0 radical (unpaired) electrons. The summed E-state index contributed by atoms with van der Waals surface area (Å²) in [7, 11) is 1.57. The lowest BCUT2D eigenvalue weighted by Gasteiger charge is -2.04. The summed E-state index contributed by atoms with van der Waals surface area (Å²) in [6.45, 7) is 2.06. The maximum atomic E-state index is 11.9. The summed E-state index contributed by atoms with van der Waals surface area (Å²) in [6.07, 6.45) is 2.39. The summed E-state index contributed by atoms with van der Waals surface area (Å²) in [5.74, 6) is 0.606. The maximum Gasteiger partial charge on any atom is 0.224 e. The van der Waals surface area contributed by atoms with Crippen molar-refractivity contribution < 1.29 is 9.53 Å². The zero-order valence-corrected chi connectivity index (χ0v) is 14.9. The number of hydrogen-bond donors (Lipinski definition) is 1. The lowest BCUT2D eigenvalue weighted by molar-refractivity contribution is -0.116. The topological polar surface area (TPSA) is 69.0 Å². The van der Waals surface area contributed by atoms with Gasteiger partial charge in [-0.3, -0.25) is 4.79 Å². The fraction of sp³-hybridized carbons (Fsp3) is 0.278. The van der Waals surface area contributed by atoms with Gasteiger partial charge in [-0.25, -0.2) is 0 Å². The molecule has 0 unspecified atom stereocenters. The van der Waals surface area contributed by atoms with Gasteiger partial charge < -0.3 is 10.1 Å². The highest BCUT2D eigenvalue weighted by molar-refractivity contribution is 6.32. The SMILES string of the molecule is CCCCC(=O)Nc1ccc2nn(-c3ccc(OC)c(Cl)c3)nc2c1. The monoisotopic (exact) mass is 358 g/mol. The first-order valence-electron chi connectivity index (χ1n) is 8.11. The van der Waals surface area contributed by atoms with Crippen molar-refractivity contribution in [1.82, 2.24) is 15.0 Å². The number of ether oxygens (including phenoxy) is 1. The first-order chi connectivity index (χ1) is 12.1. The van der Waals surface area contributed by atoms with E-state index in [1.165, 1.54) is 4.80 Å². The van der Waals surface area contributed by atoms with E-state index >= 15 is 0 Å². The minimum absolute atomic E-state index is 0.00975. The van der Waals surface area contributed by atoms with Crippen LogP contribution in [0, 0.1) is 0 Å². The summed E-state index contributed by atoms with van der Waals surface area (Å²) >= 11 is 6.16. The molecule has 0 saturated heterocycles. The van der Waals surface area contributed by atoms with Gasteiger partial charge in [-0.2, -0.15) is 4.80 Å². The van der Waals surface area contributed by atoms with Crippen molar-refractivity contribution in [2.24, 2.45) is 0 Å². The van der Waals surface area contributed by atoms with Crippen molar-refractivity contribution in [2.75, 3.05) is 12.4 Å². The summed E-state index contributed by atoms with van der Waals surface area (Å²) < 4.78 is 5.15. The van der Waals surface area contributed by atoms with E-state index in [9.17, 15) is 4.79 Å². The molecule has 0 bridgehead atoms. The smallest absolute Gasteiger partial charge is 0.224 e. The van der Waals surface area contributed by atoms with E-state index in [1.807, 2.05) is 24.3 Å². The molecule has 25 heavy (non-hydrogen) atoms. The number of anilines is 1. The van der Waals surface area contributed by atoms with Crippen molar-refractivity contribution in [3.8, 4) is 11.4 Å². The highest BCUT2D eigenvalue weighted by Gasteiger charge is 2.09. The zero-order chi connectivity index (χ0) is 17.8. The van der Waals surface area contributed by atoms with Gasteiger partial charge in [0.25, 0.3) is 0 Å². The average molecular weight is 359 g/mol. The van der Waals surface area contributed by atoms with Crippen LogP contribution in [0.5, 0.6) is 5.75 Å². The Hall–Kier alpha value is -2.60. The molecule has 6 nitrogen and oxygen atoms in total. The molecule has 0 aliphatic heterocycles. The molecule has 1 heterocycles. The number of carbonyl (C=O) groups is 1. The van der Waals surface area contributed by atoms with E-state index < -0.39 is 0 Å². The van der Waals surface area contributed by atoms with Crippen LogP contribution < -0.4 is 10.1 Å². The molecule has 0 aliphatic rings. The lowest BCUT2D eigenvalue weighted by atomic mass is 10.2. The second-order valence-corrected chi connectivity index (χ2v) is 6.07. The highest BCUT2D eigenvalue weighted by atomic mass is 35.5. The summed E-state index contributed by atoms with van der Waals surface area (Å²) in [6, 6.07) is 10.8. The number of nitrogens with zero attached hydrogens (tertiary/aromatic N) is 3. The van der Waals surface area contributed by atoms with Gasteiger partial charge >= 0.3 is 0 Å². The van der Waals surface area contributed by atoms with Gasteiger partial charge in [0.2, 0.25) is 5.91 Å². The van der Waals surface area contributed by atoms with Crippen molar-refractivity contribution in [1.29, 1.82) is 0 Å². The van der Waals surface area contributed by atoms with Gasteiger partial charge in [-0.15, -0.1) is 10.2 Å². The molecule has 7 heteroatoms. The number of carbonyl (C=O) groups excluding carboxylic acids is 1. The molecule has 0 aliphatic carbocycles. The molecular weight excluding hydrogens is 340 g/mol. The molecule has 0 atom stereocenters. The van der Waals surface area contributed by atoms with Crippen molar-refractivity contribution in [2.45, 2.75) is 26.2 Å². The van der Waals surface area contributed by atoms with Gasteiger partial charge in [0, 0.05) is 12.1 Å². The van der Waals surface area contributed by atoms with Crippen LogP contribution >= 0.6 is 11.6 Å². The Bertz CT molecular complexity index is 907. The van der Waals surface area contributed by atoms with Crippen LogP contribution in [0.4, 0.5) is 5.69 Å². The molecule has 1 amide bonds. The second-order valence-electron chi connectivity index (χ2n) is 5.66. The number of nitrogens with one attached hydrogen (secondary N) is 1. The van der Waals surface area contributed by atoms with E-state index in [4.69, 9.17) is 16.3 Å².